The standard InChI is InChI=1S/C31H35N3O4/c35-26-7-5-23-20-24(4-6-25(23)26)28-29(37)31(38-30(28)21-8-13-32-14-9-21)22-10-18-34(19-11-22)27(36)12-17-33-15-2-1-3-16-33/h4,6,8-9,13-14,20,22,31H,1-3,5,7,10-12,15-19H2. The Morgan fingerprint density at radius 1 is 0.921 bits per heavy atom. The molecular formula is C31H35N3O4. The fourth-order valence-electron chi connectivity index (χ4n) is 6.45. The monoisotopic (exact) mass is 513 g/mol. The van der Waals surface area contributed by atoms with E-state index in [0.717, 1.165) is 54.7 Å². The first-order valence-corrected chi connectivity index (χ1v) is 14.1. The van der Waals surface area contributed by atoms with Crippen molar-refractivity contribution in [1.82, 2.24) is 14.8 Å². The molecule has 1 aromatic heterocycles. The maximum absolute atomic E-state index is 13.9. The second-order valence-corrected chi connectivity index (χ2v) is 11.0. The zero-order chi connectivity index (χ0) is 26.1. The van der Waals surface area contributed by atoms with E-state index in [1.165, 1.54) is 19.3 Å². The highest BCUT2D eigenvalue weighted by Crippen LogP contribution is 2.41. The lowest BCUT2D eigenvalue weighted by atomic mass is 9.86. The third-order valence-corrected chi connectivity index (χ3v) is 8.65. The van der Waals surface area contributed by atoms with Crippen molar-refractivity contribution in [1.29, 1.82) is 0 Å². The molecule has 38 heavy (non-hydrogen) atoms. The topological polar surface area (TPSA) is 79.8 Å². The van der Waals surface area contributed by atoms with Crippen LogP contribution in [0.15, 0.2) is 42.7 Å². The summed E-state index contributed by atoms with van der Waals surface area (Å²) >= 11 is 0. The van der Waals surface area contributed by atoms with Crippen molar-refractivity contribution in [2.75, 3.05) is 32.7 Å². The number of pyridine rings is 1. The molecule has 6 rings (SSSR count). The number of hydrogen-bond donors (Lipinski definition) is 0. The van der Waals surface area contributed by atoms with Crippen molar-refractivity contribution >= 4 is 28.8 Å². The normalized spacial score (nSPS) is 22.6. The number of ether oxygens (including phenoxy) is 1. The minimum atomic E-state index is -0.561. The lowest BCUT2D eigenvalue weighted by molar-refractivity contribution is -0.134. The van der Waals surface area contributed by atoms with Gasteiger partial charge in [0.2, 0.25) is 11.7 Å². The number of fused-ring (bicyclic) bond motifs is 1. The number of likely N-dealkylation sites (tertiary alicyclic amines) is 2. The van der Waals surface area contributed by atoms with E-state index in [2.05, 4.69) is 9.88 Å². The summed E-state index contributed by atoms with van der Waals surface area (Å²) in [6.45, 7) is 4.38. The molecule has 198 valence electrons. The maximum atomic E-state index is 13.9. The number of rotatable bonds is 6. The van der Waals surface area contributed by atoms with E-state index in [4.69, 9.17) is 4.74 Å². The van der Waals surface area contributed by atoms with E-state index in [0.29, 0.717) is 43.7 Å². The van der Waals surface area contributed by atoms with Crippen molar-refractivity contribution in [3.8, 4) is 0 Å². The third-order valence-electron chi connectivity index (χ3n) is 8.65. The van der Waals surface area contributed by atoms with Gasteiger partial charge in [-0.05, 0) is 68.5 Å². The molecule has 1 aromatic carbocycles. The van der Waals surface area contributed by atoms with Crippen molar-refractivity contribution in [2.45, 2.75) is 57.5 Å². The molecule has 2 saturated heterocycles. The van der Waals surface area contributed by atoms with Gasteiger partial charge in [0.05, 0.1) is 5.57 Å². The molecule has 7 heteroatoms. The second-order valence-electron chi connectivity index (χ2n) is 11.0. The lowest BCUT2D eigenvalue weighted by Crippen LogP contribution is -2.44. The summed E-state index contributed by atoms with van der Waals surface area (Å²) in [6, 6.07) is 9.46. The molecule has 1 atom stereocenters. The Bertz CT molecular complexity index is 1260. The Morgan fingerprint density at radius 3 is 2.45 bits per heavy atom. The number of nitrogens with zero attached hydrogens (tertiary/aromatic N) is 3. The van der Waals surface area contributed by atoms with E-state index in [1.54, 1.807) is 12.4 Å². The van der Waals surface area contributed by atoms with Gasteiger partial charge in [-0.2, -0.15) is 0 Å². The highest BCUT2D eigenvalue weighted by Gasteiger charge is 2.42. The number of carbonyl (C=O) groups is 3. The summed E-state index contributed by atoms with van der Waals surface area (Å²) in [5, 5.41) is 0. The van der Waals surface area contributed by atoms with Crippen LogP contribution in [-0.4, -0.2) is 71.1 Å². The minimum absolute atomic E-state index is 0.00374. The van der Waals surface area contributed by atoms with E-state index in [1.807, 2.05) is 35.2 Å². The number of aryl methyl sites for hydroxylation is 1. The number of benzene rings is 1. The molecule has 2 aromatic rings. The van der Waals surface area contributed by atoms with Crippen LogP contribution in [-0.2, 0) is 20.7 Å². The number of hydrogen-bond acceptors (Lipinski definition) is 6. The summed E-state index contributed by atoms with van der Waals surface area (Å²) in [6.07, 6.45) is 9.92. The largest absolute Gasteiger partial charge is 0.481 e. The molecule has 0 saturated carbocycles. The zero-order valence-corrected chi connectivity index (χ0v) is 21.9. The smallest absolute Gasteiger partial charge is 0.223 e. The first-order chi connectivity index (χ1) is 18.6. The SMILES string of the molecule is O=C1CCc2cc(C3=C(c4ccncc4)OC(C4CCN(C(=O)CCN5CCCCC5)CC4)C3=O)ccc21. The van der Waals surface area contributed by atoms with E-state index in [9.17, 15) is 14.4 Å². The van der Waals surface area contributed by atoms with Crippen LogP contribution >= 0.6 is 0 Å². The fraction of sp³-hybridized carbons (Fsp3) is 0.484. The van der Waals surface area contributed by atoms with Crippen LogP contribution in [0.1, 0.15) is 72.0 Å². The summed E-state index contributed by atoms with van der Waals surface area (Å²) < 4.78 is 6.45. The minimum Gasteiger partial charge on any atom is -0.481 e. The van der Waals surface area contributed by atoms with Gasteiger partial charge >= 0.3 is 0 Å². The predicted octanol–water partition coefficient (Wildman–Crippen LogP) is 4.16. The molecule has 4 aliphatic rings. The highest BCUT2D eigenvalue weighted by molar-refractivity contribution is 6.31. The van der Waals surface area contributed by atoms with Gasteiger partial charge in [-0.3, -0.25) is 19.4 Å². The van der Waals surface area contributed by atoms with Crippen molar-refractivity contribution in [2.24, 2.45) is 5.92 Å². The van der Waals surface area contributed by atoms with Gasteiger partial charge in [-0.25, -0.2) is 0 Å². The molecule has 4 heterocycles. The van der Waals surface area contributed by atoms with E-state index < -0.39 is 6.10 Å². The summed E-state index contributed by atoms with van der Waals surface area (Å²) in [7, 11) is 0. The van der Waals surface area contributed by atoms with Crippen molar-refractivity contribution in [3.05, 3.63) is 65.0 Å². The van der Waals surface area contributed by atoms with Gasteiger partial charge in [0, 0.05) is 61.9 Å². The van der Waals surface area contributed by atoms with Crippen LogP contribution in [0.4, 0.5) is 0 Å². The number of Topliss-reactive ketones (excluding diaryl/α,β-unsaturated/α-hetero) is 2. The number of piperidine rings is 2. The number of amides is 1. The summed E-state index contributed by atoms with van der Waals surface area (Å²) in [5.74, 6) is 1.03. The molecule has 0 spiro atoms. The lowest BCUT2D eigenvalue weighted by Gasteiger charge is -2.35. The average Bonchev–Trinajstić information content (AvgIpc) is 3.52. The molecule has 1 aliphatic carbocycles. The van der Waals surface area contributed by atoms with Crippen LogP contribution in [0, 0.1) is 5.92 Å². The molecule has 7 nitrogen and oxygen atoms in total. The molecule has 2 fully saturated rings. The Balaban J connectivity index is 1.16. The zero-order valence-electron chi connectivity index (χ0n) is 21.9. The third kappa shape index (κ3) is 4.92. The van der Waals surface area contributed by atoms with Gasteiger partial charge in [0.25, 0.3) is 0 Å². The van der Waals surface area contributed by atoms with Crippen LogP contribution in [0.25, 0.3) is 11.3 Å². The molecule has 3 aliphatic heterocycles. The summed E-state index contributed by atoms with van der Waals surface area (Å²) in [5.41, 5.74) is 3.99. The predicted molar refractivity (Wildman–Crippen MR) is 144 cm³/mol. The Hall–Kier alpha value is -3.32. The molecule has 0 bridgehead atoms. The quantitative estimate of drug-likeness (QED) is 0.577. The molecular weight excluding hydrogens is 478 g/mol. The average molecular weight is 514 g/mol. The molecule has 0 radical (unpaired) electrons. The number of carbonyl (C=O) groups excluding carboxylic acids is 3. The number of ketones is 2. The summed E-state index contributed by atoms with van der Waals surface area (Å²) in [4.78, 5) is 47.4. The van der Waals surface area contributed by atoms with Crippen molar-refractivity contribution in [3.63, 3.8) is 0 Å². The first-order valence-electron chi connectivity index (χ1n) is 14.1. The van der Waals surface area contributed by atoms with Crippen LogP contribution in [0.3, 0.4) is 0 Å². The highest BCUT2D eigenvalue weighted by atomic mass is 16.5. The van der Waals surface area contributed by atoms with E-state index in [-0.39, 0.29) is 23.4 Å². The Morgan fingerprint density at radius 2 is 1.68 bits per heavy atom. The molecule has 0 N–H and O–H groups in total. The van der Waals surface area contributed by atoms with Gasteiger partial charge in [0.15, 0.2) is 11.9 Å². The van der Waals surface area contributed by atoms with Crippen LogP contribution in [0.2, 0.25) is 0 Å². The van der Waals surface area contributed by atoms with Crippen molar-refractivity contribution < 1.29 is 19.1 Å². The number of aromatic nitrogens is 1. The fourth-order valence-corrected chi connectivity index (χ4v) is 6.45. The molecule has 1 unspecified atom stereocenters. The first kappa shape index (κ1) is 25.0. The van der Waals surface area contributed by atoms with Crippen LogP contribution < -0.4 is 0 Å². The van der Waals surface area contributed by atoms with Crippen LogP contribution in [0.5, 0.6) is 0 Å². The Kier molecular flexibility index (Phi) is 7.11. The van der Waals surface area contributed by atoms with Gasteiger partial charge in [-0.15, -0.1) is 0 Å². The second kappa shape index (κ2) is 10.8. The molecule has 1 amide bonds. The van der Waals surface area contributed by atoms with Gasteiger partial charge in [-0.1, -0.05) is 24.6 Å². The maximum Gasteiger partial charge on any atom is 0.223 e. The Labute approximate surface area is 223 Å². The van der Waals surface area contributed by atoms with E-state index >= 15 is 0 Å². The van der Waals surface area contributed by atoms with Gasteiger partial charge < -0.3 is 14.5 Å². The van der Waals surface area contributed by atoms with Gasteiger partial charge in [0.1, 0.15) is 5.76 Å².